The topological polar surface area (TPSA) is 88.4 Å². The van der Waals surface area contributed by atoms with Crippen LogP contribution in [0.1, 0.15) is 37.9 Å². The smallest absolute Gasteiger partial charge is 0.408 e. The standard InChI is InChI=1S/C22H24N2O4/c1-21(2,3)28-20(26)24-18(16-11-7-5-8-12-16)22(15-23,19(25)27-4)17-13-9-6-10-14-17/h5-14,18H,1-4H3,(H,24,26)/t18-,22-/m0/s1. The quantitative estimate of drug-likeness (QED) is 0.795. The van der Waals surface area contributed by atoms with Crippen molar-refractivity contribution >= 4 is 12.1 Å². The summed E-state index contributed by atoms with van der Waals surface area (Å²) >= 11 is 0. The molecule has 0 aromatic heterocycles. The number of nitrogens with one attached hydrogen (secondary N) is 1. The van der Waals surface area contributed by atoms with E-state index in [2.05, 4.69) is 11.4 Å². The fourth-order valence-electron chi connectivity index (χ4n) is 2.95. The van der Waals surface area contributed by atoms with Crippen LogP contribution < -0.4 is 5.32 Å². The molecule has 2 aromatic rings. The van der Waals surface area contributed by atoms with E-state index in [-0.39, 0.29) is 0 Å². The highest BCUT2D eigenvalue weighted by Gasteiger charge is 2.51. The molecule has 0 saturated carbocycles. The third-order valence-corrected chi connectivity index (χ3v) is 4.14. The molecule has 0 spiro atoms. The molecule has 0 saturated heterocycles. The highest BCUT2D eigenvalue weighted by Crippen LogP contribution is 2.38. The van der Waals surface area contributed by atoms with Crippen molar-refractivity contribution in [1.29, 1.82) is 5.26 Å². The highest BCUT2D eigenvalue weighted by atomic mass is 16.6. The van der Waals surface area contributed by atoms with Crippen molar-refractivity contribution in [1.82, 2.24) is 5.32 Å². The molecule has 2 atom stereocenters. The van der Waals surface area contributed by atoms with Gasteiger partial charge in [-0.25, -0.2) is 9.59 Å². The molecule has 2 rings (SSSR count). The summed E-state index contributed by atoms with van der Waals surface area (Å²) in [6.45, 7) is 5.21. The molecule has 1 N–H and O–H groups in total. The normalized spacial score (nSPS) is 14.1. The summed E-state index contributed by atoms with van der Waals surface area (Å²) in [4.78, 5) is 25.5. The van der Waals surface area contributed by atoms with E-state index in [1.54, 1.807) is 75.4 Å². The first-order valence-corrected chi connectivity index (χ1v) is 8.84. The van der Waals surface area contributed by atoms with Gasteiger partial charge in [-0.15, -0.1) is 0 Å². The Labute approximate surface area is 165 Å². The Morgan fingerprint density at radius 3 is 2.00 bits per heavy atom. The van der Waals surface area contributed by atoms with E-state index in [0.29, 0.717) is 11.1 Å². The molecule has 0 bridgehead atoms. The van der Waals surface area contributed by atoms with E-state index < -0.39 is 29.1 Å². The monoisotopic (exact) mass is 380 g/mol. The summed E-state index contributed by atoms with van der Waals surface area (Å²) in [5, 5.41) is 12.9. The number of alkyl carbamates (subject to hydrolysis) is 1. The zero-order valence-corrected chi connectivity index (χ0v) is 16.4. The van der Waals surface area contributed by atoms with Crippen molar-refractivity contribution < 1.29 is 19.1 Å². The van der Waals surface area contributed by atoms with Gasteiger partial charge in [-0.2, -0.15) is 5.26 Å². The van der Waals surface area contributed by atoms with Crippen molar-refractivity contribution in [3.8, 4) is 6.07 Å². The van der Waals surface area contributed by atoms with Gasteiger partial charge in [-0.05, 0) is 31.9 Å². The maximum atomic E-state index is 12.9. The van der Waals surface area contributed by atoms with E-state index in [4.69, 9.17) is 9.47 Å². The Kier molecular flexibility index (Phi) is 6.42. The van der Waals surface area contributed by atoms with Crippen LogP contribution in [-0.4, -0.2) is 24.8 Å². The molecular weight excluding hydrogens is 356 g/mol. The van der Waals surface area contributed by atoms with Crippen molar-refractivity contribution in [2.45, 2.75) is 37.8 Å². The number of esters is 1. The second-order valence-electron chi connectivity index (χ2n) is 7.27. The zero-order valence-electron chi connectivity index (χ0n) is 16.4. The lowest BCUT2D eigenvalue weighted by molar-refractivity contribution is -0.146. The molecular formula is C22H24N2O4. The molecule has 1 amide bonds. The lowest BCUT2D eigenvalue weighted by Gasteiger charge is -2.34. The Balaban J connectivity index is 2.64. The number of carbonyl (C=O) groups excluding carboxylic acids is 2. The number of nitrogens with zero attached hydrogens (tertiary/aromatic N) is 1. The summed E-state index contributed by atoms with van der Waals surface area (Å²) in [6.07, 6.45) is -0.735. The number of carbonyl (C=O) groups is 2. The molecule has 0 aliphatic carbocycles. The third kappa shape index (κ3) is 4.49. The maximum absolute atomic E-state index is 12.9. The molecule has 0 heterocycles. The van der Waals surface area contributed by atoms with Crippen LogP contribution in [0.15, 0.2) is 60.7 Å². The molecule has 0 fully saturated rings. The maximum Gasteiger partial charge on any atom is 0.408 e. The lowest BCUT2D eigenvalue weighted by Crippen LogP contribution is -2.50. The summed E-state index contributed by atoms with van der Waals surface area (Å²) < 4.78 is 10.4. The van der Waals surface area contributed by atoms with Crippen LogP contribution >= 0.6 is 0 Å². The van der Waals surface area contributed by atoms with Crippen LogP contribution in [0.3, 0.4) is 0 Å². The average Bonchev–Trinajstić information content (AvgIpc) is 2.68. The number of methoxy groups -OCH3 is 1. The van der Waals surface area contributed by atoms with Crippen LogP contribution in [0.4, 0.5) is 4.79 Å². The molecule has 0 aliphatic heterocycles. The summed E-state index contributed by atoms with van der Waals surface area (Å²) in [6, 6.07) is 18.4. The van der Waals surface area contributed by atoms with E-state index in [1.165, 1.54) is 7.11 Å². The van der Waals surface area contributed by atoms with Gasteiger partial charge in [0.2, 0.25) is 5.41 Å². The van der Waals surface area contributed by atoms with Gasteiger partial charge in [0.1, 0.15) is 5.60 Å². The Morgan fingerprint density at radius 1 is 1.00 bits per heavy atom. The van der Waals surface area contributed by atoms with Gasteiger partial charge < -0.3 is 14.8 Å². The van der Waals surface area contributed by atoms with Gasteiger partial charge >= 0.3 is 12.1 Å². The Morgan fingerprint density at radius 2 is 1.54 bits per heavy atom. The van der Waals surface area contributed by atoms with Gasteiger partial charge in [-0.3, -0.25) is 0 Å². The summed E-state index contributed by atoms with van der Waals surface area (Å²) in [5.41, 5.74) is -1.55. The van der Waals surface area contributed by atoms with Gasteiger partial charge in [0, 0.05) is 0 Å². The Bertz CT molecular complexity index is 854. The second kappa shape index (κ2) is 8.57. The van der Waals surface area contributed by atoms with Gasteiger partial charge in [0.25, 0.3) is 0 Å². The van der Waals surface area contributed by atoms with E-state index >= 15 is 0 Å². The van der Waals surface area contributed by atoms with Crippen LogP contribution in [0.25, 0.3) is 0 Å². The SMILES string of the molecule is COC(=O)[C@@](C#N)(c1ccccc1)[C@@H](NC(=O)OC(C)(C)C)c1ccccc1. The third-order valence-electron chi connectivity index (χ3n) is 4.14. The molecule has 6 heteroatoms. The predicted molar refractivity (Wildman–Crippen MR) is 104 cm³/mol. The largest absolute Gasteiger partial charge is 0.468 e. The van der Waals surface area contributed by atoms with Crippen molar-refractivity contribution in [2.24, 2.45) is 0 Å². The van der Waals surface area contributed by atoms with Gasteiger partial charge in [0.05, 0.1) is 19.2 Å². The number of benzene rings is 2. The first-order chi connectivity index (χ1) is 13.2. The average molecular weight is 380 g/mol. The number of nitriles is 1. The van der Waals surface area contributed by atoms with Crippen LogP contribution in [0.5, 0.6) is 0 Å². The lowest BCUT2D eigenvalue weighted by atomic mass is 9.72. The van der Waals surface area contributed by atoms with Crippen LogP contribution in [-0.2, 0) is 19.7 Å². The Hall–Kier alpha value is -3.33. The van der Waals surface area contributed by atoms with E-state index in [0.717, 1.165) is 0 Å². The van der Waals surface area contributed by atoms with Gasteiger partial charge in [-0.1, -0.05) is 60.7 Å². The minimum absolute atomic E-state index is 0.411. The molecule has 2 aromatic carbocycles. The first-order valence-electron chi connectivity index (χ1n) is 8.84. The van der Waals surface area contributed by atoms with E-state index in [9.17, 15) is 14.9 Å². The van der Waals surface area contributed by atoms with Crippen molar-refractivity contribution in [2.75, 3.05) is 7.11 Å². The van der Waals surface area contributed by atoms with Crippen molar-refractivity contribution in [3.63, 3.8) is 0 Å². The number of hydrogen-bond donors (Lipinski definition) is 1. The van der Waals surface area contributed by atoms with Gasteiger partial charge in [0.15, 0.2) is 0 Å². The molecule has 0 aliphatic rings. The summed E-state index contributed by atoms with van der Waals surface area (Å²) in [7, 11) is 1.22. The minimum Gasteiger partial charge on any atom is -0.468 e. The molecule has 6 nitrogen and oxygen atoms in total. The van der Waals surface area contributed by atoms with Crippen LogP contribution in [0.2, 0.25) is 0 Å². The highest BCUT2D eigenvalue weighted by molar-refractivity contribution is 5.89. The molecule has 0 unspecified atom stereocenters. The number of ether oxygens (including phenoxy) is 2. The van der Waals surface area contributed by atoms with E-state index in [1.807, 2.05) is 6.07 Å². The number of rotatable bonds is 5. The fourth-order valence-corrected chi connectivity index (χ4v) is 2.95. The second-order valence-corrected chi connectivity index (χ2v) is 7.27. The zero-order chi connectivity index (χ0) is 20.8. The summed E-state index contributed by atoms with van der Waals surface area (Å²) in [5.74, 6) is -0.772. The number of amides is 1. The number of hydrogen-bond acceptors (Lipinski definition) is 5. The molecule has 146 valence electrons. The molecule has 28 heavy (non-hydrogen) atoms. The predicted octanol–water partition coefficient (Wildman–Crippen LogP) is 3.89. The van der Waals surface area contributed by atoms with Crippen LogP contribution in [0, 0.1) is 11.3 Å². The minimum atomic E-state index is -1.80. The fraction of sp³-hybridized carbons (Fsp3) is 0.318. The van der Waals surface area contributed by atoms with Crippen molar-refractivity contribution in [3.05, 3.63) is 71.8 Å². The molecule has 0 radical (unpaired) electrons. The first kappa shape index (κ1) is 21.0.